The second-order valence-corrected chi connectivity index (χ2v) is 7.81. The Labute approximate surface area is 133 Å². The number of ether oxygens (including phenoxy) is 3. The Kier molecular flexibility index (Phi) is 6.04. The lowest BCUT2D eigenvalue weighted by Crippen LogP contribution is -2.27. The fourth-order valence-corrected chi connectivity index (χ4v) is 2.46. The van der Waals surface area contributed by atoms with E-state index in [1.54, 1.807) is 20.8 Å². The summed E-state index contributed by atoms with van der Waals surface area (Å²) in [5, 5.41) is 2.35. The van der Waals surface area contributed by atoms with Gasteiger partial charge in [-0.15, -0.1) is 0 Å². The molecular formula is C13H18ClNO6S. The Bertz CT molecular complexity index is 638. The molecule has 7 nitrogen and oxygen atoms in total. The topological polar surface area (TPSA) is 90.9 Å². The van der Waals surface area contributed by atoms with E-state index in [1.807, 2.05) is 0 Å². The summed E-state index contributed by atoms with van der Waals surface area (Å²) in [7, 11) is 2.72. The van der Waals surface area contributed by atoms with Gasteiger partial charge in [0.1, 0.15) is 16.2 Å². The van der Waals surface area contributed by atoms with Crippen LogP contribution in [0.2, 0.25) is 0 Å². The number of hydrogen-bond acceptors (Lipinski definition) is 6. The van der Waals surface area contributed by atoms with Crippen LogP contribution in [0.15, 0.2) is 23.1 Å². The Hall–Kier alpha value is -1.51. The Morgan fingerprint density at radius 3 is 2.45 bits per heavy atom. The van der Waals surface area contributed by atoms with Crippen LogP contribution in [0.5, 0.6) is 5.75 Å². The van der Waals surface area contributed by atoms with Gasteiger partial charge in [0.05, 0.1) is 5.69 Å². The van der Waals surface area contributed by atoms with Crippen molar-refractivity contribution in [1.29, 1.82) is 0 Å². The van der Waals surface area contributed by atoms with Gasteiger partial charge in [-0.3, -0.25) is 5.32 Å². The molecule has 0 fully saturated rings. The minimum absolute atomic E-state index is 0.00554. The van der Waals surface area contributed by atoms with Gasteiger partial charge in [0.15, 0.2) is 6.79 Å². The van der Waals surface area contributed by atoms with E-state index in [-0.39, 0.29) is 23.1 Å². The Morgan fingerprint density at radius 2 is 1.95 bits per heavy atom. The number of rotatable bonds is 5. The summed E-state index contributed by atoms with van der Waals surface area (Å²) in [4.78, 5) is 11.4. The molecule has 0 aliphatic rings. The largest absolute Gasteiger partial charge is 0.468 e. The first kappa shape index (κ1) is 18.5. The molecule has 1 aromatic rings. The summed E-state index contributed by atoms with van der Waals surface area (Å²) < 4.78 is 38.2. The van der Waals surface area contributed by atoms with Crippen molar-refractivity contribution in [3.05, 3.63) is 18.2 Å². The smallest absolute Gasteiger partial charge is 0.412 e. The summed E-state index contributed by atoms with van der Waals surface area (Å²) in [5.41, 5.74) is -0.722. The maximum Gasteiger partial charge on any atom is 0.412 e. The van der Waals surface area contributed by atoms with Crippen LogP contribution >= 0.6 is 10.7 Å². The molecule has 0 aliphatic heterocycles. The average Bonchev–Trinajstić information content (AvgIpc) is 2.33. The van der Waals surface area contributed by atoms with Crippen molar-refractivity contribution in [2.24, 2.45) is 0 Å². The molecule has 0 saturated carbocycles. The molecule has 0 bridgehead atoms. The third-order valence-electron chi connectivity index (χ3n) is 2.19. The molecule has 0 heterocycles. The molecule has 1 N–H and O–H groups in total. The lowest BCUT2D eigenvalue weighted by Gasteiger charge is -2.20. The Morgan fingerprint density at radius 1 is 1.32 bits per heavy atom. The minimum Gasteiger partial charge on any atom is -0.468 e. The number of benzene rings is 1. The van der Waals surface area contributed by atoms with Gasteiger partial charge in [0.25, 0.3) is 9.05 Å². The highest BCUT2D eigenvalue weighted by atomic mass is 35.7. The summed E-state index contributed by atoms with van der Waals surface area (Å²) in [6, 6.07) is 4.01. The van der Waals surface area contributed by atoms with Gasteiger partial charge in [0, 0.05) is 23.9 Å². The Balaban J connectivity index is 3.06. The van der Waals surface area contributed by atoms with Gasteiger partial charge in [-0.1, -0.05) is 0 Å². The monoisotopic (exact) mass is 351 g/mol. The third-order valence-corrected chi connectivity index (χ3v) is 3.56. The van der Waals surface area contributed by atoms with Crippen LogP contribution in [-0.4, -0.2) is 34.0 Å². The molecule has 0 radical (unpaired) electrons. The van der Waals surface area contributed by atoms with E-state index in [9.17, 15) is 13.2 Å². The van der Waals surface area contributed by atoms with E-state index in [4.69, 9.17) is 24.9 Å². The highest BCUT2D eigenvalue weighted by molar-refractivity contribution is 8.13. The zero-order valence-corrected chi connectivity index (χ0v) is 14.2. The van der Waals surface area contributed by atoms with Crippen molar-refractivity contribution >= 4 is 31.5 Å². The average molecular weight is 352 g/mol. The summed E-state index contributed by atoms with van der Waals surface area (Å²) in [6.45, 7) is 5.01. The molecule has 0 atom stereocenters. The fraction of sp³-hybridized carbons (Fsp3) is 0.462. The van der Waals surface area contributed by atoms with Gasteiger partial charge in [0.2, 0.25) is 0 Å². The van der Waals surface area contributed by atoms with Crippen molar-refractivity contribution < 1.29 is 27.4 Å². The molecule has 22 heavy (non-hydrogen) atoms. The van der Waals surface area contributed by atoms with Crippen LogP contribution in [0.3, 0.4) is 0 Å². The van der Waals surface area contributed by atoms with E-state index in [0.717, 1.165) is 0 Å². The normalized spacial score (nSPS) is 11.9. The molecule has 1 rings (SSSR count). The van der Waals surface area contributed by atoms with Crippen LogP contribution in [0, 0.1) is 0 Å². The first-order chi connectivity index (χ1) is 10.0. The first-order valence-electron chi connectivity index (χ1n) is 6.23. The van der Waals surface area contributed by atoms with E-state index >= 15 is 0 Å². The second-order valence-electron chi connectivity index (χ2n) is 5.27. The van der Waals surface area contributed by atoms with Gasteiger partial charge >= 0.3 is 6.09 Å². The summed E-state index contributed by atoms with van der Waals surface area (Å²) >= 11 is 0. The van der Waals surface area contributed by atoms with E-state index in [1.165, 1.54) is 25.3 Å². The lowest BCUT2D eigenvalue weighted by molar-refractivity contribution is 0.0509. The molecule has 1 amide bonds. The van der Waals surface area contributed by atoms with Crippen LogP contribution in [0.4, 0.5) is 10.5 Å². The highest BCUT2D eigenvalue weighted by Gasteiger charge is 2.21. The van der Waals surface area contributed by atoms with E-state index in [0.29, 0.717) is 0 Å². The number of nitrogens with one attached hydrogen (secondary N) is 1. The van der Waals surface area contributed by atoms with Gasteiger partial charge in [-0.05, 0) is 32.9 Å². The molecule has 0 aliphatic carbocycles. The minimum atomic E-state index is -4.09. The number of amides is 1. The van der Waals surface area contributed by atoms with Crippen LogP contribution in [0.25, 0.3) is 0 Å². The quantitative estimate of drug-likeness (QED) is 0.647. The zero-order chi connectivity index (χ0) is 17.0. The fourth-order valence-electron chi connectivity index (χ4n) is 1.44. The number of halogens is 1. The van der Waals surface area contributed by atoms with Crippen molar-refractivity contribution in [1.82, 2.24) is 0 Å². The lowest BCUT2D eigenvalue weighted by atomic mass is 10.2. The number of carbonyl (C=O) groups excluding carboxylic acids is 1. The van der Waals surface area contributed by atoms with Gasteiger partial charge in [-0.25, -0.2) is 13.2 Å². The van der Waals surface area contributed by atoms with Gasteiger partial charge in [-0.2, -0.15) is 0 Å². The second kappa shape index (κ2) is 7.17. The SMILES string of the molecule is COCOc1ccc(NC(=O)OC(C)(C)C)c(S(=O)(=O)Cl)c1. The summed E-state index contributed by atoms with van der Waals surface area (Å²) in [6.07, 6.45) is -0.792. The van der Waals surface area contributed by atoms with Crippen molar-refractivity contribution in [3.63, 3.8) is 0 Å². The number of anilines is 1. The molecule has 0 aromatic heterocycles. The first-order valence-corrected chi connectivity index (χ1v) is 8.54. The molecule has 1 aromatic carbocycles. The van der Waals surface area contributed by atoms with Gasteiger partial charge < -0.3 is 14.2 Å². The predicted octanol–water partition coefficient (Wildman–Crippen LogP) is 2.94. The number of methoxy groups -OCH3 is 1. The van der Waals surface area contributed by atoms with E-state index < -0.39 is 20.7 Å². The molecular weight excluding hydrogens is 334 g/mol. The molecule has 0 spiro atoms. The van der Waals surface area contributed by atoms with Crippen molar-refractivity contribution in [3.8, 4) is 5.75 Å². The molecule has 0 unspecified atom stereocenters. The highest BCUT2D eigenvalue weighted by Crippen LogP contribution is 2.29. The molecule has 9 heteroatoms. The van der Waals surface area contributed by atoms with Crippen molar-refractivity contribution in [2.45, 2.75) is 31.3 Å². The maximum absolute atomic E-state index is 11.7. The molecule has 0 saturated heterocycles. The molecule has 124 valence electrons. The van der Waals surface area contributed by atoms with Crippen LogP contribution < -0.4 is 10.1 Å². The number of hydrogen-bond donors (Lipinski definition) is 1. The van der Waals surface area contributed by atoms with Crippen LogP contribution in [-0.2, 0) is 18.5 Å². The predicted molar refractivity (Wildman–Crippen MR) is 81.8 cm³/mol. The third kappa shape index (κ3) is 6.08. The van der Waals surface area contributed by atoms with Crippen LogP contribution in [0.1, 0.15) is 20.8 Å². The zero-order valence-electron chi connectivity index (χ0n) is 12.7. The van der Waals surface area contributed by atoms with Crippen molar-refractivity contribution in [2.75, 3.05) is 19.2 Å². The summed E-state index contributed by atoms with van der Waals surface area (Å²) in [5.74, 6) is 0.232. The number of carbonyl (C=O) groups is 1. The maximum atomic E-state index is 11.7. The van der Waals surface area contributed by atoms with E-state index in [2.05, 4.69) is 5.32 Å². The standard InChI is InChI=1S/C13H18ClNO6S/c1-13(2,3)21-12(16)15-10-6-5-9(20-8-19-4)7-11(10)22(14,17)18/h5-7H,8H2,1-4H3,(H,15,16).